The van der Waals surface area contributed by atoms with Crippen molar-refractivity contribution in [2.24, 2.45) is 0 Å². The normalized spacial score (nSPS) is 10.5. The van der Waals surface area contributed by atoms with E-state index in [0.717, 1.165) is 6.07 Å². The van der Waals surface area contributed by atoms with Gasteiger partial charge in [-0.2, -0.15) is 0 Å². The van der Waals surface area contributed by atoms with Gasteiger partial charge in [0.1, 0.15) is 5.56 Å². The fourth-order valence-corrected chi connectivity index (χ4v) is 2.52. The molecule has 0 radical (unpaired) electrons. The summed E-state index contributed by atoms with van der Waals surface area (Å²) in [6, 6.07) is 7.63. The van der Waals surface area contributed by atoms with E-state index in [2.05, 4.69) is 0 Å². The van der Waals surface area contributed by atoms with Crippen LogP contribution < -0.4 is 18.9 Å². The molecular weight excluding hydrogens is 354 g/mol. The molecule has 142 valence electrons. The number of rotatable bonds is 8. The fourth-order valence-electron chi connectivity index (χ4n) is 2.52. The van der Waals surface area contributed by atoms with Gasteiger partial charge in [-0.1, -0.05) is 12.1 Å². The second-order valence-electron chi connectivity index (χ2n) is 5.26. The lowest BCUT2D eigenvalue weighted by atomic mass is 10.1. The highest BCUT2D eigenvalue weighted by Gasteiger charge is 2.23. The lowest BCUT2D eigenvalue weighted by Crippen LogP contribution is -2.03. The Morgan fingerprint density at radius 3 is 2.15 bits per heavy atom. The second-order valence-corrected chi connectivity index (χ2v) is 5.26. The summed E-state index contributed by atoms with van der Waals surface area (Å²) in [7, 11) is 5.73. The first kappa shape index (κ1) is 19.8. The van der Waals surface area contributed by atoms with Gasteiger partial charge in [-0.05, 0) is 18.2 Å². The van der Waals surface area contributed by atoms with Crippen molar-refractivity contribution in [1.82, 2.24) is 0 Å². The summed E-state index contributed by atoms with van der Waals surface area (Å²) in [4.78, 5) is 23.3. The molecule has 0 amide bonds. The smallest absolute Gasteiger partial charge is 0.284 e. The number of benzene rings is 2. The van der Waals surface area contributed by atoms with Crippen molar-refractivity contribution in [3.8, 4) is 23.0 Å². The third kappa shape index (κ3) is 4.17. The lowest BCUT2D eigenvalue weighted by Gasteiger charge is -2.10. The summed E-state index contributed by atoms with van der Waals surface area (Å²) >= 11 is 0. The zero-order valence-corrected chi connectivity index (χ0v) is 15.3. The summed E-state index contributed by atoms with van der Waals surface area (Å²) < 4.78 is 20.7. The lowest BCUT2D eigenvalue weighted by molar-refractivity contribution is -0.385. The Labute approximate surface area is 156 Å². The van der Waals surface area contributed by atoms with Crippen LogP contribution in [0.3, 0.4) is 0 Å². The van der Waals surface area contributed by atoms with Gasteiger partial charge < -0.3 is 18.9 Å². The monoisotopic (exact) mass is 373 g/mol. The van der Waals surface area contributed by atoms with E-state index >= 15 is 0 Å². The quantitative estimate of drug-likeness (QED) is 0.302. The molecule has 0 aliphatic heterocycles. The van der Waals surface area contributed by atoms with Crippen LogP contribution in [0.2, 0.25) is 0 Å². The number of nitrogens with zero attached hydrogens (tertiary/aromatic N) is 1. The molecule has 0 fully saturated rings. The van der Waals surface area contributed by atoms with Gasteiger partial charge >= 0.3 is 0 Å². The molecule has 0 saturated heterocycles. The maximum atomic E-state index is 12.6. The van der Waals surface area contributed by atoms with E-state index in [9.17, 15) is 14.9 Å². The molecule has 0 bridgehead atoms. The molecule has 0 aliphatic rings. The molecule has 0 saturated carbocycles. The molecule has 2 rings (SSSR count). The molecule has 8 heteroatoms. The van der Waals surface area contributed by atoms with Crippen LogP contribution >= 0.6 is 0 Å². The summed E-state index contributed by atoms with van der Waals surface area (Å²) in [5, 5.41) is 11.3. The Kier molecular flexibility index (Phi) is 6.37. The number of carbonyl (C=O) groups is 1. The number of methoxy groups -OCH3 is 4. The minimum atomic E-state index is -0.644. The van der Waals surface area contributed by atoms with E-state index in [1.807, 2.05) is 0 Å². The Hall–Kier alpha value is -3.55. The first-order valence-electron chi connectivity index (χ1n) is 7.80. The van der Waals surface area contributed by atoms with Crippen molar-refractivity contribution < 1.29 is 28.7 Å². The van der Waals surface area contributed by atoms with Crippen LogP contribution in [0.5, 0.6) is 23.0 Å². The zero-order chi connectivity index (χ0) is 20.0. The van der Waals surface area contributed by atoms with Crippen molar-refractivity contribution in [3.05, 3.63) is 57.6 Å². The van der Waals surface area contributed by atoms with E-state index < -0.39 is 10.7 Å². The highest BCUT2D eigenvalue weighted by molar-refractivity contribution is 6.10. The molecule has 0 heterocycles. The molecule has 0 N–H and O–H groups in total. The van der Waals surface area contributed by atoms with E-state index in [1.54, 1.807) is 18.2 Å². The molecule has 0 unspecified atom stereocenters. The summed E-state index contributed by atoms with van der Waals surface area (Å²) in [6.07, 6.45) is 2.73. The van der Waals surface area contributed by atoms with Gasteiger partial charge in [0.15, 0.2) is 28.8 Å². The van der Waals surface area contributed by atoms with Crippen LogP contribution in [0.1, 0.15) is 15.9 Å². The SMILES string of the molecule is COc1cc(C(=O)C=Cc2cccc(OC)c2OC)c([N+](=O)[O-])cc1OC. The highest BCUT2D eigenvalue weighted by atomic mass is 16.6. The standard InChI is InChI=1S/C19H19NO7/c1-24-16-7-5-6-12(19(16)27-4)8-9-15(21)13-10-17(25-2)18(26-3)11-14(13)20(22)23/h5-11H,1-4H3. The average Bonchev–Trinajstić information content (AvgIpc) is 2.70. The fraction of sp³-hybridized carbons (Fsp3) is 0.211. The molecule has 0 spiro atoms. The number of para-hydroxylation sites is 1. The van der Waals surface area contributed by atoms with Crippen LogP contribution in [-0.2, 0) is 0 Å². The maximum absolute atomic E-state index is 12.6. The van der Waals surface area contributed by atoms with E-state index in [4.69, 9.17) is 18.9 Å². The molecule has 2 aromatic carbocycles. The largest absolute Gasteiger partial charge is 0.493 e. The zero-order valence-electron chi connectivity index (χ0n) is 15.3. The predicted molar refractivity (Wildman–Crippen MR) is 99.1 cm³/mol. The number of ether oxygens (including phenoxy) is 4. The molecular formula is C19H19NO7. The third-order valence-corrected chi connectivity index (χ3v) is 3.81. The number of allylic oxidation sites excluding steroid dienone is 1. The van der Waals surface area contributed by atoms with Gasteiger partial charge in [-0.25, -0.2) is 0 Å². The Balaban J connectivity index is 2.47. The summed E-state index contributed by atoms with van der Waals surface area (Å²) in [5.74, 6) is 0.778. The maximum Gasteiger partial charge on any atom is 0.284 e. The van der Waals surface area contributed by atoms with Crippen LogP contribution in [0, 0.1) is 10.1 Å². The Morgan fingerprint density at radius 2 is 1.59 bits per heavy atom. The minimum absolute atomic E-state index is 0.115. The molecule has 0 aliphatic carbocycles. The Morgan fingerprint density at radius 1 is 0.963 bits per heavy atom. The van der Waals surface area contributed by atoms with Gasteiger partial charge in [0.2, 0.25) is 0 Å². The van der Waals surface area contributed by atoms with E-state index in [1.165, 1.54) is 46.7 Å². The molecule has 27 heavy (non-hydrogen) atoms. The van der Waals surface area contributed by atoms with Gasteiger partial charge in [-0.3, -0.25) is 14.9 Å². The topological polar surface area (TPSA) is 97.1 Å². The van der Waals surface area contributed by atoms with E-state index in [-0.39, 0.29) is 22.7 Å². The second kappa shape index (κ2) is 8.70. The molecule has 2 aromatic rings. The van der Waals surface area contributed by atoms with Crippen molar-refractivity contribution >= 4 is 17.5 Å². The highest BCUT2D eigenvalue weighted by Crippen LogP contribution is 2.35. The number of hydrogen-bond donors (Lipinski definition) is 0. The summed E-state index contributed by atoms with van der Waals surface area (Å²) in [6.45, 7) is 0. The van der Waals surface area contributed by atoms with Crippen LogP contribution in [0.4, 0.5) is 5.69 Å². The van der Waals surface area contributed by atoms with Crippen molar-refractivity contribution in [1.29, 1.82) is 0 Å². The third-order valence-electron chi connectivity index (χ3n) is 3.81. The number of nitro benzene ring substituents is 1. The van der Waals surface area contributed by atoms with Gasteiger partial charge in [-0.15, -0.1) is 0 Å². The average molecular weight is 373 g/mol. The van der Waals surface area contributed by atoms with Crippen molar-refractivity contribution in [2.45, 2.75) is 0 Å². The predicted octanol–water partition coefficient (Wildman–Crippen LogP) is 3.53. The molecule has 0 atom stereocenters. The number of carbonyl (C=O) groups excluding carboxylic acids is 1. The van der Waals surface area contributed by atoms with Crippen LogP contribution in [0.25, 0.3) is 6.08 Å². The van der Waals surface area contributed by atoms with Crippen molar-refractivity contribution in [3.63, 3.8) is 0 Å². The van der Waals surface area contributed by atoms with E-state index in [0.29, 0.717) is 17.1 Å². The number of hydrogen-bond acceptors (Lipinski definition) is 7. The minimum Gasteiger partial charge on any atom is -0.493 e. The van der Waals surface area contributed by atoms with Gasteiger partial charge in [0.25, 0.3) is 5.69 Å². The first-order valence-corrected chi connectivity index (χ1v) is 7.80. The van der Waals surface area contributed by atoms with Crippen molar-refractivity contribution in [2.75, 3.05) is 28.4 Å². The molecule has 0 aromatic heterocycles. The van der Waals surface area contributed by atoms with Crippen LogP contribution in [0.15, 0.2) is 36.4 Å². The van der Waals surface area contributed by atoms with Crippen LogP contribution in [-0.4, -0.2) is 39.1 Å². The summed E-state index contributed by atoms with van der Waals surface area (Å²) in [5.41, 5.74) is 0.101. The first-order chi connectivity index (χ1) is 13.0. The molecule has 8 nitrogen and oxygen atoms in total. The number of ketones is 1. The van der Waals surface area contributed by atoms with Gasteiger partial charge in [0, 0.05) is 11.6 Å². The number of nitro groups is 1. The van der Waals surface area contributed by atoms with Gasteiger partial charge in [0.05, 0.1) is 39.4 Å². The Bertz CT molecular complexity index is 890.